The number of nitrogen functional groups attached to an aromatic ring is 1. The van der Waals surface area contributed by atoms with Gasteiger partial charge in [0.1, 0.15) is 12.2 Å². The highest BCUT2D eigenvalue weighted by Gasteiger charge is 2.07. The van der Waals surface area contributed by atoms with E-state index in [2.05, 4.69) is 18.7 Å². The second-order valence-corrected chi connectivity index (χ2v) is 3.26. The van der Waals surface area contributed by atoms with Crippen molar-refractivity contribution in [1.82, 2.24) is 0 Å². The van der Waals surface area contributed by atoms with Crippen LogP contribution in [0.2, 0.25) is 0 Å². The van der Waals surface area contributed by atoms with Crippen molar-refractivity contribution < 1.29 is 18.8 Å². The van der Waals surface area contributed by atoms with Gasteiger partial charge in [-0.2, -0.15) is 0 Å². The molecule has 0 heterocycles. The molecule has 16 heavy (non-hydrogen) atoms. The third-order valence-corrected chi connectivity index (χ3v) is 2.16. The number of hydrogen-bond donors (Lipinski definition) is 2. The van der Waals surface area contributed by atoms with E-state index in [-0.39, 0.29) is 0 Å². The van der Waals surface area contributed by atoms with E-state index in [4.69, 9.17) is 5.73 Å². The summed E-state index contributed by atoms with van der Waals surface area (Å²) in [5.41, 5.74) is 7.05. The molecule has 0 unspecified atom stereocenters. The van der Waals surface area contributed by atoms with Crippen LogP contribution in [0.4, 0.5) is 11.4 Å². The third kappa shape index (κ3) is 3.61. The molecule has 1 rings (SSSR count). The van der Waals surface area contributed by atoms with Gasteiger partial charge in [-0.15, -0.1) is 4.33 Å². The Bertz CT molecular complexity index is 373. The molecule has 0 aliphatic rings. The maximum Gasteiger partial charge on any atom is 0.337 e. The van der Waals surface area contributed by atoms with Crippen molar-refractivity contribution in [2.45, 2.75) is 0 Å². The van der Waals surface area contributed by atoms with Crippen molar-refractivity contribution >= 4 is 29.6 Å². The van der Waals surface area contributed by atoms with Crippen LogP contribution in [0.3, 0.4) is 0 Å². The fourth-order valence-electron chi connectivity index (χ4n) is 1.05. The van der Waals surface area contributed by atoms with Crippen LogP contribution < -0.4 is 10.5 Å². The highest BCUT2D eigenvalue weighted by molar-refractivity contribution is 7.95. The predicted octanol–water partition coefficient (Wildman–Crippen LogP) is 1.61. The summed E-state index contributed by atoms with van der Waals surface area (Å²) < 4.78 is 11.9. The zero-order chi connectivity index (χ0) is 12.0. The average Bonchev–Trinajstić information content (AvgIpc) is 2.27. The molecule has 0 aromatic heterocycles. The van der Waals surface area contributed by atoms with Gasteiger partial charge in [-0.05, 0) is 18.2 Å². The van der Waals surface area contributed by atoms with Crippen molar-refractivity contribution in [3.63, 3.8) is 0 Å². The maximum atomic E-state index is 11.3. The summed E-state index contributed by atoms with van der Waals surface area (Å²) >= 11 is 0.863. The molecule has 0 bridgehead atoms. The van der Waals surface area contributed by atoms with Crippen LogP contribution in [0.1, 0.15) is 10.4 Å². The molecule has 6 nitrogen and oxygen atoms in total. The number of carbonyl (C=O) groups excluding carboxylic acids is 1. The van der Waals surface area contributed by atoms with Gasteiger partial charge in [0.15, 0.2) is 0 Å². The summed E-state index contributed by atoms with van der Waals surface area (Å²) in [7, 11) is 2.69. The Kier molecular flexibility index (Phi) is 4.90. The Morgan fingerprint density at radius 3 is 2.75 bits per heavy atom. The van der Waals surface area contributed by atoms with Crippen LogP contribution in [0.15, 0.2) is 18.2 Å². The minimum absolute atomic E-state index is 0.364. The van der Waals surface area contributed by atoms with Crippen LogP contribution in [-0.2, 0) is 14.0 Å². The molecule has 7 heteroatoms. The minimum Gasteiger partial charge on any atom is -0.465 e. The van der Waals surface area contributed by atoms with E-state index >= 15 is 0 Å². The van der Waals surface area contributed by atoms with Crippen molar-refractivity contribution in [3.05, 3.63) is 23.8 Å². The molecule has 1 aromatic carbocycles. The average molecular weight is 244 g/mol. The molecular weight excluding hydrogens is 232 g/mol. The largest absolute Gasteiger partial charge is 0.465 e. The van der Waals surface area contributed by atoms with Gasteiger partial charge in [0.2, 0.25) is 0 Å². The number of esters is 1. The highest BCUT2D eigenvalue weighted by Crippen LogP contribution is 2.20. The number of anilines is 2. The van der Waals surface area contributed by atoms with Crippen molar-refractivity contribution in [2.24, 2.45) is 0 Å². The number of carbonyl (C=O) groups is 1. The number of methoxy groups -OCH3 is 1. The molecule has 1 aromatic rings. The predicted molar refractivity (Wildman–Crippen MR) is 61.5 cm³/mol. The molecular formula is C9H12N2O4S. The summed E-state index contributed by atoms with van der Waals surface area (Å²) in [5.74, 6) is -0.451. The quantitative estimate of drug-likeness (QED) is 0.155. The SMILES string of the molecule is COOSNc1cc(N)cc(C(=O)OC)c1. The van der Waals surface area contributed by atoms with E-state index in [1.165, 1.54) is 20.3 Å². The topological polar surface area (TPSA) is 82.8 Å². The molecule has 0 amide bonds. The first kappa shape index (κ1) is 12.6. The minimum atomic E-state index is -0.451. The first-order chi connectivity index (χ1) is 7.67. The lowest BCUT2D eigenvalue weighted by molar-refractivity contribution is -0.159. The second-order valence-electron chi connectivity index (χ2n) is 2.76. The summed E-state index contributed by atoms with van der Waals surface area (Å²) in [4.78, 5) is 15.6. The molecule has 0 atom stereocenters. The highest BCUT2D eigenvalue weighted by atomic mass is 32.2. The Labute approximate surface area is 97.3 Å². The number of benzene rings is 1. The molecule has 88 valence electrons. The van der Waals surface area contributed by atoms with E-state index in [0.29, 0.717) is 16.9 Å². The lowest BCUT2D eigenvalue weighted by Gasteiger charge is -2.06. The standard InChI is InChI=1S/C9H12N2O4S/c1-13-9(12)6-3-7(10)5-8(4-6)11-16-15-14-2/h3-5,11H,10H2,1-2H3. The first-order valence-corrected chi connectivity index (χ1v) is 5.02. The van der Waals surface area contributed by atoms with E-state index in [9.17, 15) is 4.79 Å². The lowest BCUT2D eigenvalue weighted by Crippen LogP contribution is -2.03. The van der Waals surface area contributed by atoms with Gasteiger partial charge in [-0.25, -0.2) is 9.68 Å². The van der Waals surface area contributed by atoms with Crippen LogP contribution in [0.25, 0.3) is 0 Å². The van der Waals surface area contributed by atoms with E-state index in [0.717, 1.165) is 12.2 Å². The smallest absolute Gasteiger partial charge is 0.337 e. The van der Waals surface area contributed by atoms with Crippen molar-refractivity contribution in [3.8, 4) is 0 Å². The Morgan fingerprint density at radius 1 is 1.38 bits per heavy atom. The zero-order valence-corrected chi connectivity index (χ0v) is 9.67. The van der Waals surface area contributed by atoms with Gasteiger partial charge in [0, 0.05) is 11.4 Å². The van der Waals surface area contributed by atoms with Gasteiger partial charge in [0.05, 0.1) is 19.8 Å². The van der Waals surface area contributed by atoms with E-state index < -0.39 is 5.97 Å². The molecule has 3 N–H and O–H groups in total. The van der Waals surface area contributed by atoms with E-state index in [1.54, 1.807) is 12.1 Å². The summed E-state index contributed by atoms with van der Waals surface area (Å²) in [6, 6.07) is 4.77. The third-order valence-electron chi connectivity index (χ3n) is 1.64. The number of hydrogen-bond acceptors (Lipinski definition) is 7. The molecule has 0 radical (unpaired) electrons. The van der Waals surface area contributed by atoms with Gasteiger partial charge >= 0.3 is 5.97 Å². The normalized spacial score (nSPS) is 9.88. The van der Waals surface area contributed by atoms with Crippen LogP contribution >= 0.6 is 12.2 Å². The zero-order valence-electron chi connectivity index (χ0n) is 8.85. The van der Waals surface area contributed by atoms with Gasteiger partial charge in [0.25, 0.3) is 0 Å². The Morgan fingerprint density at radius 2 is 2.12 bits per heavy atom. The van der Waals surface area contributed by atoms with Crippen LogP contribution in [0.5, 0.6) is 0 Å². The summed E-state index contributed by atoms with van der Waals surface area (Å²) in [5, 5.41) is 0. The summed E-state index contributed by atoms with van der Waals surface area (Å²) in [6.07, 6.45) is 0. The van der Waals surface area contributed by atoms with E-state index in [1.807, 2.05) is 0 Å². The second kappa shape index (κ2) is 6.21. The maximum absolute atomic E-state index is 11.3. The lowest BCUT2D eigenvalue weighted by atomic mass is 10.2. The fourth-order valence-corrected chi connectivity index (χ4v) is 1.36. The summed E-state index contributed by atoms with van der Waals surface area (Å²) in [6.45, 7) is 0. The Hall–Kier alpha value is -1.44. The molecule has 0 aliphatic heterocycles. The molecule has 0 saturated heterocycles. The molecule has 0 fully saturated rings. The Balaban J connectivity index is 2.77. The van der Waals surface area contributed by atoms with Crippen LogP contribution in [-0.4, -0.2) is 20.2 Å². The number of ether oxygens (including phenoxy) is 1. The number of rotatable bonds is 5. The first-order valence-electron chi connectivity index (χ1n) is 4.28. The van der Waals surface area contributed by atoms with Gasteiger partial charge < -0.3 is 15.2 Å². The molecule has 0 saturated carbocycles. The van der Waals surface area contributed by atoms with Crippen LogP contribution in [0, 0.1) is 0 Å². The fraction of sp³-hybridized carbons (Fsp3) is 0.222. The number of nitrogens with one attached hydrogen (secondary N) is 1. The number of nitrogens with two attached hydrogens (primary N) is 1. The molecule has 0 aliphatic carbocycles. The van der Waals surface area contributed by atoms with Crippen molar-refractivity contribution in [2.75, 3.05) is 24.7 Å². The van der Waals surface area contributed by atoms with Gasteiger partial charge in [-0.1, -0.05) is 0 Å². The monoisotopic (exact) mass is 244 g/mol. The molecule has 0 spiro atoms. The van der Waals surface area contributed by atoms with Gasteiger partial charge in [-0.3, -0.25) is 0 Å². The van der Waals surface area contributed by atoms with Crippen molar-refractivity contribution in [1.29, 1.82) is 0 Å².